The molecule has 122 valence electrons. The first-order valence-electron chi connectivity index (χ1n) is 8.05. The fraction of sp³-hybridized carbons (Fsp3) is 0.471. The monoisotopic (exact) mass is 313 g/mol. The summed E-state index contributed by atoms with van der Waals surface area (Å²) in [5.74, 6) is 1.52. The number of aromatic nitrogens is 3. The molecular weight excluding hydrogens is 290 g/mol. The van der Waals surface area contributed by atoms with Crippen molar-refractivity contribution in [1.29, 1.82) is 0 Å². The van der Waals surface area contributed by atoms with Gasteiger partial charge in [0.05, 0.1) is 24.4 Å². The minimum Gasteiger partial charge on any atom is -0.379 e. The molecule has 0 spiro atoms. The lowest BCUT2D eigenvalue weighted by Crippen LogP contribution is -2.31. The Bertz CT molecular complexity index is 615. The van der Waals surface area contributed by atoms with Gasteiger partial charge in [-0.2, -0.15) is 4.98 Å². The normalized spacial score (nSPS) is 19.1. The molecule has 2 aromatic heterocycles. The summed E-state index contributed by atoms with van der Waals surface area (Å²) in [6, 6.07) is 8.26. The van der Waals surface area contributed by atoms with Gasteiger partial charge in [-0.25, -0.2) is 4.98 Å². The van der Waals surface area contributed by atoms with Crippen molar-refractivity contribution in [1.82, 2.24) is 15.0 Å². The van der Waals surface area contributed by atoms with E-state index in [1.807, 2.05) is 42.4 Å². The predicted molar refractivity (Wildman–Crippen MR) is 90.6 cm³/mol. The molecule has 0 aromatic carbocycles. The quantitative estimate of drug-likeness (QED) is 0.915. The van der Waals surface area contributed by atoms with E-state index in [0.717, 1.165) is 37.6 Å². The van der Waals surface area contributed by atoms with E-state index in [2.05, 4.69) is 27.2 Å². The lowest BCUT2D eigenvalue weighted by atomic mass is 10.1. The summed E-state index contributed by atoms with van der Waals surface area (Å²) in [6.45, 7) is 3.69. The van der Waals surface area contributed by atoms with E-state index >= 15 is 0 Å². The van der Waals surface area contributed by atoms with E-state index in [1.165, 1.54) is 0 Å². The van der Waals surface area contributed by atoms with Crippen LogP contribution in [-0.2, 0) is 4.74 Å². The second kappa shape index (κ2) is 7.37. The van der Waals surface area contributed by atoms with E-state index in [1.54, 1.807) is 6.20 Å². The summed E-state index contributed by atoms with van der Waals surface area (Å²) in [5.41, 5.74) is 0.998. The Balaban J connectivity index is 1.71. The Labute approximate surface area is 136 Å². The van der Waals surface area contributed by atoms with E-state index in [0.29, 0.717) is 12.0 Å². The topological polar surface area (TPSA) is 63.2 Å². The first-order chi connectivity index (χ1) is 11.2. The van der Waals surface area contributed by atoms with Crippen LogP contribution in [0, 0.1) is 0 Å². The van der Waals surface area contributed by atoms with Crippen LogP contribution in [0.15, 0.2) is 36.7 Å². The fourth-order valence-electron chi connectivity index (χ4n) is 2.66. The lowest BCUT2D eigenvalue weighted by molar-refractivity contribution is 0.0875. The largest absolute Gasteiger partial charge is 0.379 e. The zero-order chi connectivity index (χ0) is 16.1. The van der Waals surface area contributed by atoms with Crippen LogP contribution in [0.1, 0.15) is 31.5 Å². The SMILES string of the molecule is C[C@H](c1ccccn1)N(C)c1nccc(N[C@H]2CCCOC2)n1. The zero-order valence-electron chi connectivity index (χ0n) is 13.6. The molecule has 0 saturated carbocycles. The smallest absolute Gasteiger partial charge is 0.227 e. The first kappa shape index (κ1) is 15.7. The maximum absolute atomic E-state index is 5.50. The molecule has 1 fully saturated rings. The highest BCUT2D eigenvalue weighted by Gasteiger charge is 2.17. The predicted octanol–water partition coefficient (Wildman–Crippen LogP) is 2.66. The van der Waals surface area contributed by atoms with Gasteiger partial charge in [0.2, 0.25) is 5.95 Å². The highest BCUT2D eigenvalue weighted by Crippen LogP contribution is 2.22. The fourth-order valence-corrected chi connectivity index (χ4v) is 2.66. The van der Waals surface area contributed by atoms with Crippen LogP contribution in [0.3, 0.4) is 0 Å². The number of ether oxygens (including phenoxy) is 1. The van der Waals surface area contributed by atoms with Gasteiger partial charge in [0.25, 0.3) is 0 Å². The Morgan fingerprint density at radius 1 is 1.26 bits per heavy atom. The van der Waals surface area contributed by atoms with Gasteiger partial charge >= 0.3 is 0 Å². The van der Waals surface area contributed by atoms with Gasteiger partial charge in [0.15, 0.2) is 0 Å². The molecule has 1 aliphatic rings. The van der Waals surface area contributed by atoms with Crippen LogP contribution in [0.5, 0.6) is 0 Å². The molecule has 1 saturated heterocycles. The Morgan fingerprint density at radius 2 is 2.17 bits per heavy atom. The van der Waals surface area contributed by atoms with Gasteiger partial charge < -0.3 is 15.0 Å². The van der Waals surface area contributed by atoms with Gasteiger partial charge in [0, 0.05) is 26.0 Å². The molecule has 3 heterocycles. The van der Waals surface area contributed by atoms with Crippen LogP contribution >= 0.6 is 0 Å². The summed E-state index contributed by atoms with van der Waals surface area (Å²) >= 11 is 0. The zero-order valence-corrected chi connectivity index (χ0v) is 13.6. The van der Waals surface area contributed by atoms with Gasteiger partial charge in [-0.15, -0.1) is 0 Å². The Hall–Kier alpha value is -2.21. The molecule has 6 heteroatoms. The van der Waals surface area contributed by atoms with Crippen molar-refractivity contribution in [3.63, 3.8) is 0 Å². The molecule has 2 atom stereocenters. The lowest BCUT2D eigenvalue weighted by Gasteiger charge is -2.26. The van der Waals surface area contributed by atoms with Crippen LogP contribution in [0.25, 0.3) is 0 Å². The van der Waals surface area contributed by atoms with Gasteiger partial charge in [-0.05, 0) is 38.0 Å². The highest BCUT2D eigenvalue weighted by molar-refractivity contribution is 5.42. The van der Waals surface area contributed by atoms with Gasteiger partial charge in [0.1, 0.15) is 5.82 Å². The van der Waals surface area contributed by atoms with Crippen molar-refractivity contribution in [3.8, 4) is 0 Å². The molecule has 0 radical (unpaired) electrons. The molecule has 1 N–H and O–H groups in total. The Morgan fingerprint density at radius 3 is 2.91 bits per heavy atom. The molecule has 0 bridgehead atoms. The molecule has 2 aromatic rings. The Kier molecular flexibility index (Phi) is 5.02. The summed E-state index contributed by atoms with van der Waals surface area (Å²) < 4.78 is 5.50. The highest BCUT2D eigenvalue weighted by atomic mass is 16.5. The first-order valence-corrected chi connectivity index (χ1v) is 8.05. The standard InChI is InChI=1S/C17H23N5O/c1-13(15-7-3-4-9-18-15)22(2)17-19-10-8-16(21-17)20-14-6-5-11-23-12-14/h3-4,7-10,13-14H,5-6,11-12H2,1-2H3,(H,19,20,21)/t13-,14+/m1/s1. The maximum Gasteiger partial charge on any atom is 0.227 e. The van der Waals surface area contributed by atoms with E-state index in [-0.39, 0.29) is 6.04 Å². The van der Waals surface area contributed by atoms with Gasteiger partial charge in [-0.1, -0.05) is 6.07 Å². The molecular formula is C17H23N5O. The van der Waals surface area contributed by atoms with Crippen molar-refractivity contribution in [3.05, 3.63) is 42.4 Å². The molecule has 1 aliphatic heterocycles. The van der Waals surface area contributed by atoms with Crippen LogP contribution < -0.4 is 10.2 Å². The molecule has 23 heavy (non-hydrogen) atoms. The van der Waals surface area contributed by atoms with Crippen molar-refractivity contribution in [2.45, 2.75) is 31.8 Å². The van der Waals surface area contributed by atoms with Crippen LogP contribution in [0.2, 0.25) is 0 Å². The van der Waals surface area contributed by atoms with E-state index in [4.69, 9.17) is 4.74 Å². The number of nitrogens with zero attached hydrogens (tertiary/aromatic N) is 4. The third kappa shape index (κ3) is 3.96. The summed E-state index contributed by atoms with van der Waals surface area (Å²) in [4.78, 5) is 15.5. The number of hydrogen-bond donors (Lipinski definition) is 1. The van der Waals surface area contributed by atoms with Crippen LogP contribution in [-0.4, -0.2) is 41.3 Å². The third-order valence-corrected chi connectivity index (χ3v) is 4.17. The minimum atomic E-state index is 0.101. The number of rotatable bonds is 5. The molecule has 0 aliphatic carbocycles. The second-order valence-electron chi connectivity index (χ2n) is 5.84. The summed E-state index contributed by atoms with van der Waals surface area (Å²) in [6.07, 6.45) is 5.79. The number of nitrogens with one attached hydrogen (secondary N) is 1. The molecule has 0 amide bonds. The van der Waals surface area contributed by atoms with Crippen molar-refractivity contribution in [2.24, 2.45) is 0 Å². The average Bonchev–Trinajstić information content (AvgIpc) is 2.62. The average molecular weight is 313 g/mol. The maximum atomic E-state index is 5.50. The number of hydrogen-bond acceptors (Lipinski definition) is 6. The van der Waals surface area contributed by atoms with Crippen molar-refractivity contribution < 1.29 is 4.74 Å². The van der Waals surface area contributed by atoms with Crippen molar-refractivity contribution in [2.75, 3.05) is 30.5 Å². The minimum absolute atomic E-state index is 0.101. The molecule has 3 rings (SSSR count). The molecule has 6 nitrogen and oxygen atoms in total. The third-order valence-electron chi connectivity index (χ3n) is 4.17. The van der Waals surface area contributed by atoms with Gasteiger partial charge in [-0.3, -0.25) is 4.98 Å². The summed E-state index contributed by atoms with van der Waals surface area (Å²) in [7, 11) is 1.99. The van der Waals surface area contributed by atoms with Crippen molar-refractivity contribution >= 4 is 11.8 Å². The van der Waals surface area contributed by atoms with Crippen LogP contribution in [0.4, 0.5) is 11.8 Å². The summed E-state index contributed by atoms with van der Waals surface area (Å²) in [5, 5.41) is 3.44. The molecule has 0 unspecified atom stereocenters. The second-order valence-corrected chi connectivity index (χ2v) is 5.84. The van der Waals surface area contributed by atoms with E-state index in [9.17, 15) is 0 Å². The van der Waals surface area contributed by atoms with E-state index < -0.39 is 0 Å². The number of pyridine rings is 1. The number of anilines is 2.